The average molecular weight is 459 g/mol. The van der Waals surface area contributed by atoms with Crippen molar-refractivity contribution in [2.24, 2.45) is 0 Å². The number of aliphatic hydroxyl groups is 1. The van der Waals surface area contributed by atoms with Gasteiger partial charge in [0.1, 0.15) is 6.61 Å². The summed E-state index contributed by atoms with van der Waals surface area (Å²) in [7, 11) is 1.62. The van der Waals surface area contributed by atoms with Crippen LogP contribution >= 0.6 is 11.3 Å². The van der Waals surface area contributed by atoms with Crippen molar-refractivity contribution >= 4 is 17.2 Å². The summed E-state index contributed by atoms with van der Waals surface area (Å²) in [5.74, 6) is 1.38. The highest BCUT2D eigenvalue weighted by Gasteiger charge is 2.33. The quantitative estimate of drug-likeness (QED) is 0.518. The maximum absolute atomic E-state index is 13.4. The molecule has 0 aliphatic carbocycles. The second-order valence-electron chi connectivity index (χ2n) is 8.39. The third kappa shape index (κ3) is 5.91. The summed E-state index contributed by atoms with van der Waals surface area (Å²) >= 11 is 1.73. The molecule has 0 spiro atoms. The molecule has 0 radical (unpaired) electrons. The minimum Gasteiger partial charge on any atom is -0.493 e. The Labute approximate surface area is 195 Å². The highest BCUT2D eigenvalue weighted by molar-refractivity contribution is 7.10. The van der Waals surface area contributed by atoms with Gasteiger partial charge in [0.2, 0.25) is 5.91 Å². The van der Waals surface area contributed by atoms with Gasteiger partial charge in [0.15, 0.2) is 11.5 Å². The largest absolute Gasteiger partial charge is 0.493 e. The first-order valence-corrected chi connectivity index (χ1v) is 12.0. The first kappa shape index (κ1) is 24.3. The predicted octanol–water partition coefficient (Wildman–Crippen LogP) is 3.91. The van der Waals surface area contributed by atoms with E-state index in [1.165, 1.54) is 11.0 Å². The molecule has 1 aromatic carbocycles. The van der Waals surface area contributed by atoms with E-state index >= 15 is 0 Å². The zero-order chi connectivity index (χ0) is 23.1. The summed E-state index contributed by atoms with van der Waals surface area (Å²) < 4.78 is 11.6. The van der Waals surface area contributed by atoms with Crippen LogP contribution in [0.2, 0.25) is 0 Å². The summed E-state index contributed by atoms with van der Waals surface area (Å²) in [6, 6.07) is 9.49. The summed E-state index contributed by atoms with van der Waals surface area (Å²) in [4.78, 5) is 18.7. The van der Waals surface area contributed by atoms with Crippen LogP contribution in [0.25, 0.3) is 0 Å². The van der Waals surface area contributed by atoms with E-state index in [0.717, 1.165) is 24.9 Å². The first-order chi connectivity index (χ1) is 15.4. The van der Waals surface area contributed by atoms with Gasteiger partial charge in [-0.15, -0.1) is 17.9 Å². The number of nitrogens with zero attached hydrogens (tertiary/aromatic N) is 2. The van der Waals surface area contributed by atoms with Gasteiger partial charge in [-0.3, -0.25) is 9.69 Å². The van der Waals surface area contributed by atoms with Crippen LogP contribution < -0.4 is 9.47 Å². The standard InChI is InChI=1S/C25H34N2O4S/c1-5-13-26(18-25(3,29)6-2)16-24(28)27-14-11-23-19(12-15-32-23)20(27)17-31-22-10-8-7-9-21(22)30-4/h6-10,12,15,20,29H,2,5,11,13-14,16-18H2,1,3-4H3. The summed E-state index contributed by atoms with van der Waals surface area (Å²) in [5.41, 5.74) is 0.120. The van der Waals surface area contributed by atoms with Crippen LogP contribution in [0.3, 0.4) is 0 Å². The predicted molar refractivity (Wildman–Crippen MR) is 129 cm³/mol. The molecule has 1 aromatic heterocycles. The molecule has 3 rings (SSSR count). The molecule has 174 valence electrons. The molecule has 2 atom stereocenters. The number of carbonyl (C=O) groups excluding carboxylic acids is 1. The molecule has 1 aliphatic rings. The van der Waals surface area contributed by atoms with Crippen LogP contribution in [0.4, 0.5) is 0 Å². The van der Waals surface area contributed by atoms with Crippen LogP contribution in [0, 0.1) is 0 Å². The number of carbonyl (C=O) groups is 1. The fraction of sp³-hybridized carbons (Fsp3) is 0.480. The Hall–Kier alpha value is -2.35. The molecule has 0 bridgehead atoms. The number of hydrogen-bond donors (Lipinski definition) is 1. The highest BCUT2D eigenvalue weighted by Crippen LogP contribution is 2.35. The maximum atomic E-state index is 13.4. The smallest absolute Gasteiger partial charge is 0.237 e. The molecule has 0 fully saturated rings. The van der Waals surface area contributed by atoms with Crippen LogP contribution in [-0.2, 0) is 11.2 Å². The second kappa shape index (κ2) is 11.0. The molecule has 2 aromatic rings. The molecule has 0 saturated carbocycles. The van der Waals surface area contributed by atoms with Gasteiger partial charge in [-0.2, -0.15) is 0 Å². The SMILES string of the molecule is C=CC(C)(O)CN(CCC)CC(=O)N1CCc2sccc2C1COc1ccccc1OC. The van der Waals surface area contributed by atoms with Crippen LogP contribution in [-0.4, -0.2) is 66.3 Å². The van der Waals surface area contributed by atoms with E-state index in [2.05, 4.69) is 24.9 Å². The Morgan fingerprint density at radius 3 is 2.81 bits per heavy atom. The minimum atomic E-state index is -1.04. The number of fused-ring (bicyclic) bond motifs is 1. The second-order valence-corrected chi connectivity index (χ2v) is 9.39. The van der Waals surface area contributed by atoms with Crippen LogP contribution in [0.15, 0.2) is 48.4 Å². The summed E-state index contributed by atoms with van der Waals surface area (Å²) in [6.45, 7) is 9.87. The van der Waals surface area contributed by atoms with Crippen molar-refractivity contribution in [1.29, 1.82) is 0 Å². The van der Waals surface area contributed by atoms with E-state index in [0.29, 0.717) is 31.2 Å². The van der Waals surface area contributed by atoms with E-state index in [-0.39, 0.29) is 18.5 Å². The van der Waals surface area contributed by atoms with Crippen molar-refractivity contribution < 1.29 is 19.4 Å². The van der Waals surface area contributed by atoms with E-state index in [1.54, 1.807) is 25.4 Å². The lowest BCUT2D eigenvalue weighted by Gasteiger charge is -2.38. The molecule has 1 amide bonds. The highest BCUT2D eigenvalue weighted by atomic mass is 32.1. The fourth-order valence-corrected chi connectivity index (χ4v) is 5.04. The number of ether oxygens (including phenoxy) is 2. The Balaban J connectivity index is 1.77. The molecule has 2 unspecified atom stereocenters. The van der Waals surface area contributed by atoms with Gasteiger partial charge in [0, 0.05) is 18.0 Å². The molecule has 2 heterocycles. The Morgan fingerprint density at radius 2 is 2.12 bits per heavy atom. The summed E-state index contributed by atoms with van der Waals surface area (Å²) in [5, 5.41) is 12.5. The number of thiophene rings is 1. The van der Waals surface area contributed by atoms with E-state index in [9.17, 15) is 9.90 Å². The molecule has 6 nitrogen and oxygen atoms in total. The molecular weight excluding hydrogens is 424 g/mol. The normalized spacial score (nSPS) is 17.5. The van der Waals surface area contributed by atoms with Gasteiger partial charge >= 0.3 is 0 Å². The fourth-order valence-electron chi connectivity index (χ4n) is 4.11. The van der Waals surface area contributed by atoms with Crippen molar-refractivity contribution in [1.82, 2.24) is 9.80 Å². The van der Waals surface area contributed by atoms with E-state index in [1.807, 2.05) is 34.1 Å². The Bertz CT molecular complexity index is 911. The van der Waals surface area contributed by atoms with Crippen molar-refractivity contribution in [2.75, 3.05) is 39.9 Å². The van der Waals surface area contributed by atoms with Crippen molar-refractivity contribution in [3.63, 3.8) is 0 Å². The lowest BCUT2D eigenvalue weighted by Crippen LogP contribution is -2.49. The first-order valence-electron chi connectivity index (χ1n) is 11.1. The lowest BCUT2D eigenvalue weighted by molar-refractivity contribution is -0.136. The van der Waals surface area contributed by atoms with Crippen molar-refractivity contribution in [3.8, 4) is 11.5 Å². The third-order valence-electron chi connectivity index (χ3n) is 5.76. The number of para-hydroxylation sites is 2. The van der Waals surface area contributed by atoms with Gasteiger partial charge in [0.25, 0.3) is 0 Å². The Kier molecular flexibility index (Phi) is 8.34. The third-order valence-corrected chi connectivity index (χ3v) is 6.76. The zero-order valence-electron chi connectivity index (χ0n) is 19.3. The van der Waals surface area contributed by atoms with Gasteiger partial charge in [-0.25, -0.2) is 0 Å². The van der Waals surface area contributed by atoms with Gasteiger partial charge < -0.3 is 19.5 Å². The average Bonchev–Trinajstić information content (AvgIpc) is 3.26. The number of rotatable bonds is 11. The van der Waals surface area contributed by atoms with Crippen molar-refractivity contribution in [2.45, 2.75) is 38.3 Å². The van der Waals surface area contributed by atoms with Crippen molar-refractivity contribution in [3.05, 3.63) is 58.8 Å². The monoisotopic (exact) mass is 458 g/mol. The zero-order valence-corrected chi connectivity index (χ0v) is 20.1. The Morgan fingerprint density at radius 1 is 1.38 bits per heavy atom. The molecule has 1 aliphatic heterocycles. The van der Waals surface area contributed by atoms with Gasteiger partial charge in [-0.05, 0) is 55.5 Å². The van der Waals surface area contributed by atoms with Crippen LogP contribution in [0.5, 0.6) is 11.5 Å². The summed E-state index contributed by atoms with van der Waals surface area (Å²) in [6.07, 6.45) is 3.28. The number of methoxy groups -OCH3 is 1. The topological polar surface area (TPSA) is 62.2 Å². The molecule has 7 heteroatoms. The molecule has 0 saturated heterocycles. The van der Waals surface area contributed by atoms with Gasteiger partial charge in [-0.1, -0.05) is 25.1 Å². The molecular formula is C25H34N2O4S. The van der Waals surface area contributed by atoms with E-state index in [4.69, 9.17) is 9.47 Å². The van der Waals surface area contributed by atoms with E-state index < -0.39 is 5.60 Å². The molecule has 1 N–H and O–H groups in total. The lowest BCUT2D eigenvalue weighted by atomic mass is 10.00. The van der Waals surface area contributed by atoms with Gasteiger partial charge in [0.05, 0.1) is 25.3 Å². The number of amides is 1. The molecule has 32 heavy (non-hydrogen) atoms. The number of hydrogen-bond acceptors (Lipinski definition) is 6. The van der Waals surface area contributed by atoms with Crippen LogP contribution in [0.1, 0.15) is 36.8 Å². The minimum absolute atomic E-state index is 0.0452. The maximum Gasteiger partial charge on any atom is 0.237 e. The number of benzene rings is 1.